The second-order valence-electron chi connectivity index (χ2n) is 3.12. The van der Waals surface area contributed by atoms with Gasteiger partial charge in [-0.05, 0) is 25.2 Å². The number of carboxylic acids is 1. The molecule has 1 saturated heterocycles. The molecule has 0 aromatic heterocycles. The summed E-state index contributed by atoms with van der Waals surface area (Å²) in [5.41, 5.74) is 0. The first-order valence-electron chi connectivity index (χ1n) is 4.14. The van der Waals surface area contributed by atoms with Crippen molar-refractivity contribution >= 4 is 5.97 Å². The van der Waals surface area contributed by atoms with Crippen molar-refractivity contribution < 1.29 is 19.0 Å². The Labute approximate surface area is 70.5 Å². The molecule has 1 rings (SSSR count). The molecule has 2 unspecified atom stereocenters. The number of hydrogen-bond donors (Lipinski definition) is 1. The third-order valence-corrected chi connectivity index (χ3v) is 2.06. The second kappa shape index (κ2) is 4.40. The number of hydrogen-bond acceptors (Lipinski definition) is 2. The monoisotopic (exact) mass is 176 g/mol. The number of aliphatic carboxylic acids is 1. The summed E-state index contributed by atoms with van der Waals surface area (Å²) in [5, 5.41) is 8.30. The van der Waals surface area contributed by atoms with E-state index in [0.29, 0.717) is 6.61 Å². The van der Waals surface area contributed by atoms with Crippen molar-refractivity contribution in [2.75, 3.05) is 13.2 Å². The zero-order chi connectivity index (χ0) is 8.97. The molecule has 3 nitrogen and oxygen atoms in total. The molecule has 0 aromatic rings. The molecule has 2 atom stereocenters. The number of rotatable bonds is 3. The highest BCUT2D eigenvalue weighted by Crippen LogP contribution is 2.19. The van der Waals surface area contributed by atoms with Gasteiger partial charge in [-0.25, -0.2) is 9.18 Å². The molecular weight excluding hydrogens is 163 g/mol. The van der Waals surface area contributed by atoms with Crippen molar-refractivity contribution in [3.63, 3.8) is 0 Å². The summed E-state index contributed by atoms with van der Waals surface area (Å²) in [6.45, 7) is 1.23. The Bertz CT molecular complexity index is 154. The van der Waals surface area contributed by atoms with Gasteiger partial charge < -0.3 is 9.84 Å². The van der Waals surface area contributed by atoms with E-state index in [-0.39, 0.29) is 12.3 Å². The molecule has 0 bridgehead atoms. The molecule has 1 fully saturated rings. The van der Waals surface area contributed by atoms with Crippen LogP contribution in [0.25, 0.3) is 0 Å². The van der Waals surface area contributed by atoms with Crippen LogP contribution < -0.4 is 0 Å². The number of alkyl halides is 1. The molecule has 1 N–H and O–H groups in total. The maximum Gasteiger partial charge on any atom is 0.338 e. The lowest BCUT2D eigenvalue weighted by molar-refractivity contribution is -0.143. The molecule has 0 radical (unpaired) electrons. The van der Waals surface area contributed by atoms with Crippen molar-refractivity contribution in [3.8, 4) is 0 Å². The van der Waals surface area contributed by atoms with Crippen LogP contribution in [0.4, 0.5) is 4.39 Å². The van der Waals surface area contributed by atoms with Crippen molar-refractivity contribution in [1.29, 1.82) is 0 Å². The minimum absolute atomic E-state index is 0.0878. The van der Waals surface area contributed by atoms with Crippen LogP contribution in [-0.2, 0) is 9.53 Å². The highest BCUT2D eigenvalue weighted by Gasteiger charge is 2.23. The molecule has 0 saturated carbocycles. The first kappa shape index (κ1) is 9.45. The molecule has 0 aliphatic carbocycles. The van der Waals surface area contributed by atoms with Gasteiger partial charge >= 0.3 is 5.97 Å². The van der Waals surface area contributed by atoms with Gasteiger partial charge in [-0.15, -0.1) is 0 Å². The van der Waals surface area contributed by atoms with E-state index >= 15 is 0 Å². The van der Waals surface area contributed by atoms with Crippen LogP contribution in [-0.4, -0.2) is 30.5 Å². The molecule has 4 heteroatoms. The molecule has 1 heterocycles. The lowest BCUT2D eigenvalue weighted by Gasteiger charge is -2.22. The molecule has 1 aliphatic rings. The van der Waals surface area contributed by atoms with E-state index in [0.717, 1.165) is 19.4 Å². The van der Waals surface area contributed by atoms with Gasteiger partial charge in [0.05, 0.1) is 0 Å². The van der Waals surface area contributed by atoms with Crippen molar-refractivity contribution in [2.45, 2.75) is 25.4 Å². The van der Waals surface area contributed by atoms with Crippen molar-refractivity contribution in [2.24, 2.45) is 5.92 Å². The summed E-state index contributed by atoms with van der Waals surface area (Å²) in [7, 11) is 0. The molecule has 70 valence electrons. The average molecular weight is 176 g/mol. The quantitative estimate of drug-likeness (QED) is 0.703. The van der Waals surface area contributed by atoms with E-state index in [4.69, 9.17) is 9.84 Å². The Balaban J connectivity index is 2.24. The van der Waals surface area contributed by atoms with Gasteiger partial charge in [0.1, 0.15) is 0 Å². The Kier molecular flexibility index (Phi) is 3.47. The minimum Gasteiger partial charge on any atom is -0.479 e. The van der Waals surface area contributed by atoms with Crippen LogP contribution in [0, 0.1) is 5.92 Å². The van der Waals surface area contributed by atoms with E-state index < -0.39 is 12.1 Å². The lowest BCUT2D eigenvalue weighted by Crippen LogP contribution is -2.24. The van der Waals surface area contributed by atoms with E-state index in [1.54, 1.807) is 0 Å². The van der Waals surface area contributed by atoms with Crippen LogP contribution >= 0.6 is 0 Å². The van der Waals surface area contributed by atoms with Crippen molar-refractivity contribution in [1.82, 2.24) is 0 Å². The summed E-state index contributed by atoms with van der Waals surface area (Å²) in [5.74, 6) is -1.27. The Hall–Kier alpha value is -0.640. The predicted octanol–water partition coefficient (Wildman–Crippen LogP) is 1.23. The summed E-state index contributed by atoms with van der Waals surface area (Å²) in [4.78, 5) is 10.2. The fourth-order valence-electron chi connectivity index (χ4n) is 1.39. The minimum atomic E-state index is -1.73. The average Bonchev–Trinajstić information content (AvgIpc) is 2.06. The van der Waals surface area contributed by atoms with Gasteiger partial charge in [-0.3, -0.25) is 0 Å². The lowest BCUT2D eigenvalue weighted by atomic mass is 9.96. The maximum atomic E-state index is 12.7. The SMILES string of the molecule is O=C(O)C(F)CC1CCCOC1. The summed E-state index contributed by atoms with van der Waals surface area (Å²) >= 11 is 0. The maximum absolute atomic E-state index is 12.7. The highest BCUT2D eigenvalue weighted by atomic mass is 19.1. The number of carboxylic acid groups (broad SMARTS) is 1. The molecule has 0 spiro atoms. The molecule has 0 amide bonds. The number of carbonyl (C=O) groups is 1. The summed E-state index contributed by atoms with van der Waals surface area (Å²) in [6, 6.07) is 0. The van der Waals surface area contributed by atoms with E-state index in [1.807, 2.05) is 0 Å². The zero-order valence-electron chi connectivity index (χ0n) is 6.83. The van der Waals surface area contributed by atoms with Gasteiger partial charge in [0.15, 0.2) is 6.17 Å². The Morgan fingerprint density at radius 2 is 2.50 bits per heavy atom. The zero-order valence-corrected chi connectivity index (χ0v) is 6.83. The summed E-state index contributed by atoms with van der Waals surface area (Å²) < 4.78 is 17.8. The van der Waals surface area contributed by atoms with E-state index in [1.165, 1.54) is 0 Å². The number of ether oxygens (including phenoxy) is 1. The van der Waals surface area contributed by atoms with Gasteiger partial charge in [0.2, 0.25) is 0 Å². The van der Waals surface area contributed by atoms with Gasteiger partial charge in [-0.2, -0.15) is 0 Å². The number of halogens is 1. The smallest absolute Gasteiger partial charge is 0.338 e. The van der Waals surface area contributed by atoms with Gasteiger partial charge in [-0.1, -0.05) is 0 Å². The first-order valence-corrected chi connectivity index (χ1v) is 4.14. The highest BCUT2D eigenvalue weighted by molar-refractivity contribution is 5.71. The van der Waals surface area contributed by atoms with Crippen LogP contribution in [0.15, 0.2) is 0 Å². The topological polar surface area (TPSA) is 46.5 Å². The van der Waals surface area contributed by atoms with Gasteiger partial charge in [0.25, 0.3) is 0 Å². The van der Waals surface area contributed by atoms with Crippen LogP contribution in [0.2, 0.25) is 0 Å². The van der Waals surface area contributed by atoms with Crippen LogP contribution in [0.1, 0.15) is 19.3 Å². The van der Waals surface area contributed by atoms with Crippen molar-refractivity contribution in [3.05, 3.63) is 0 Å². The molecule has 0 aromatic carbocycles. The second-order valence-corrected chi connectivity index (χ2v) is 3.12. The third kappa shape index (κ3) is 2.77. The first-order chi connectivity index (χ1) is 5.70. The standard InChI is InChI=1S/C8H13FO3/c9-7(8(10)11)4-6-2-1-3-12-5-6/h6-7H,1-5H2,(H,10,11). The van der Waals surface area contributed by atoms with Crippen LogP contribution in [0.3, 0.4) is 0 Å². The Morgan fingerprint density at radius 3 is 3.00 bits per heavy atom. The Morgan fingerprint density at radius 1 is 1.75 bits per heavy atom. The third-order valence-electron chi connectivity index (χ3n) is 2.06. The van der Waals surface area contributed by atoms with E-state index in [9.17, 15) is 9.18 Å². The largest absolute Gasteiger partial charge is 0.479 e. The van der Waals surface area contributed by atoms with E-state index in [2.05, 4.69) is 0 Å². The fraction of sp³-hybridized carbons (Fsp3) is 0.875. The fourth-order valence-corrected chi connectivity index (χ4v) is 1.39. The molecule has 1 aliphatic heterocycles. The van der Waals surface area contributed by atoms with Crippen LogP contribution in [0.5, 0.6) is 0 Å². The molecular formula is C8H13FO3. The summed E-state index contributed by atoms with van der Waals surface area (Å²) in [6.07, 6.45) is 0.164. The predicted molar refractivity (Wildman–Crippen MR) is 40.7 cm³/mol. The van der Waals surface area contributed by atoms with Gasteiger partial charge in [0, 0.05) is 13.2 Å². The normalized spacial score (nSPS) is 26.6. The molecule has 12 heavy (non-hydrogen) atoms.